The van der Waals surface area contributed by atoms with E-state index in [0.717, 1.165) is 25.3 Å². The van der Waals surface area contributed by atoms with Crippen LogP contribution < -0.4 is 15.8 Å². The van der Waals surface area contributed by atoms with Gasteiger partial charge in [0.05, 0.1) is 13.1 Å². The Kier molecular flexibility index (Phi) is 5.83. The van der Waals surface area contributed by atoms with Crippen molar-refractivity contribution in [2.75, 3.05) is 39.3 Å². The van der Waals surface area contributed by atoms with E-state index in [1.165, 1.54) is 0 Å². The van der Waals surface area contributed by atoms with Gasteiger partial charge >= 0.3 is 0 Å². The first-order valence-electron chi connectivity index (χ1n) is 7.15. The van der Waals surface area contributed by atoms with Crippen LogP contribution in [0.25, 0.3) is 0 Å². The van der Waals surface area contributed by atoms with Crippen molar-refractivity contribution in [3.63, 3.8) is 0 Å². The monoisotopic (exact) mass is 277 g/mol. The first-order valence-corrected chi connectivity index (χ1v) is 7.15. The quantitative estimate of drug-likeness (QED) is 0.711. The highest BCUT2D eigenvalue weighted by Crippen LogP contribution is 2.13. The lowest BCUT2D eigenvalue weighted by Gasteiger charge is -2.15. The molecule has 5 heteroatoms. The van der Waals surface area contributed by atoms with Crippen LogP contribution in [0.5, 0.6) is 5.75 Å². The van der Waals surface area contributed by atoms with Gasteiger partial charge in [-0.1, -0.05) is 18.2 Å². The lowest BCUT2D eigenvalue weighted by atomic mass is 10.1. The number of hydrogen-bond acceptors (Lipinski definition) is 4. The zero-order valence-corrected chi connectivity index (χ0v) is 11.8. The smallest absolute Gasteiger partial charge is 0.234 e. The van der Waals surface area contributed by atoms with Crippen molar-refractivity contribution in [1.82, 2.24) is 10.2 Å². The second-order valence-corrected chi connectivity index (χ2v) is 5.14. The van der Waals surface area contributed by atoms with Crippen molar-refractivity contribution >= 4 is 5.91 Å². The van der Waals surface area contributed by atoms with Crippen molar-refractivity contribution in [2.45, 2.75) is 6.42 Å². The van der Waals surface area contributed by atoms with Crippen LogP contribution in [-0.4, -0.2) is 50.1 Å². The van der Waals surface area contributed by atoms with Crippen molar-refractivity contribution in [1.29, 1.82) is 0 Å². The van der Waals surface area contributed by atoms with E-state index in [0.29, 0.717) is 32.2 Å². The molecule has 1 aliphatic rings. The molecule has 0 aromatic heterocycles. The van der Waals surface area contributed by atoms with Crippen LogP contribution in [0.1, 0.15) is 6.42 Å². The summed E-state index contributed by atoms with van der Waals surface area (Å²) in [4.78, 5) is 13.9. The Hall–Kier alpha value is -1.59. The molecule has 1 saturated heterocycles. The average molecular weight is 277 g/mol. The van der Waals surface area contributed by atoms with Gasteiger partial charge in [0.15, 0.2) is 0 Å². The fraction of sp³-hybridized carbons (Fsp3) is 0.533. The maximum absolute atomic E-state index is 11.8. The van der Waals surface area contributed by atoms with E-state index in [-0.39, 0.29) is 5.91 Å². The Bertz CT molecular complexity index is 411. The number of carbonyl (C=O) groups excluding carboxylic acids is 1. The van der Waals surface area contributed by atoms with Crippen LogP contribution >= 0.6 is 0 Å². The maximum Gasteiger partial charge on any atom is 0.234 e. The maximum atomic E-state index is 11.8. The number of nitrogens with zero attached hydrogens (tertiary/aromatic N) is 1. The summed E-state index contributed by atoms with van der Waals surface area (Å²) >= 11 is 0. The van der Waals surface area contributed by atoms with Crippen molar-refractivity contribution in [3.05, 3.63) is 30.3 Å². The van der Waals surface area contributed by atoms with E-state index >= 15 is 0 Å². The van der Waals surface area contributed by atoms with Crippen LogP contribution in [0.2, 0.25) is 0 Å². The SMILES string of the molecule is NCC1CCN(CC(=O)NCCOc2ccccc2)C1. The number of nitrogens with two attached hydrogens (primary N) is 1. The fourth-order valence-corrected chi connectivity index (χ4v) is 2.38. The molecular weight excluding hydrogens is 254 g/mol. The van der Waals surface area contributed by atoms with Gasteiger partial charge in [-0.05, 0) is 37.6 Å². The van der Waals surface area contributed by atoms with Gasteiger partial charge in [0.2, 0.25) is 5.91 Å². The van der Waals surface area contributed by atoms with E-state index in [1.54, 1.807) is 0 Å². The zero-order valence-electron chi connectivity index (χ0n) is 11.8. The van der Waals surface area contributed by atoms with E-state index < -0.39 is 0 Å². The van der Waals surface area contributed by atoms with Gasteiger partial charge in [-0.15, -0.1) is 0 Å². The van der Waals surface area contributed by atoms with Gasteiger partial charge in [0, 0.05) is 6.54 Å². The number of benzene rings is 1. The minimum atomic E-state index is 0.0549. The lowest BCUT2D eigenvalue weighted by molar-refractivity contribution is -0.122. The van der Waals surface area contributed by atoms with Gasteiger partial charge in [0.25, 0.3) is 0 Å². The molecule has 1 amide bonds. The van der Waals surface area contributed by atoms with Crippen molar-refractivity contribution < 1.29 is 9.53 Å². The Morgan fingerprint density at radius 3 is 2.90 bits per heavy atom. The Balaban J connectivity index is 1.57. The summed E-state index contributed by atoms with van der Waals surface area (Å²) in [6, 6.07) is 9.60. The van der Waals surface area contributed by atoms with E-state index in [1.807, 2.05) is 30.3 Å². The third-order valence-electron chi connectivity index (χ3n) is 3.51. The molecule has 0 bridgehead atoms. The van der Waals surface area contributed by atoms with Crippen LogP contribution in [0.3, 0.4) is 0 Å². The van der Waals surface area contributed by atoms with Gasteiger partial charge in [-0.2, -0.15) is 0 Å². The molecule has 1 heterocycles. The summed E-state index contributed by atoms with van der Waals surface area (Å²) in [5.74, 6) is 1.43. The molecule has 1 unspecified atom stereocenters. The summed E-state index contributed by atoms with van der Waals surface area (Å²) in [7, 11) is 0. The van der Waals surface area contributed by atoms with E-state index in [9.17, 15) is 4.79 Å². The summed E-state index contributed by atoms with van der Waals surface area (Å²) in [5, 5.41) is 2.88. The van der Waals surface area contributed by atoms with Gasteiger partial charge in [0.1, 0.15) is 12.4 Å². The molecule has 1 aliphatic heterocycles. The number of rotatable bonds is 7. The topological polar surface area (TPSA) is 67.6 Å². The predicted molar refractivity (Wildman–Crippen MR) is 78.5 cm³/mol. The number of carbonyl (C=O) groups is 1. The summed E-state index contributed by atoms with van der Waals surface area (Å²) in [5.41, 5.74) is 5.64. The average Bonchev–Trinajstić information content (AvgIpc) is 2.92. The van der Waals surface area contributed by atoms with Crippen LogP contribution in [0.4, 0.5) is 0 Å². The third-order valence-corrected chi connectivity index (χ3v) is 3.51. The first kappa shape index (κ1) is 14.8. The minimum absolute atomic E-state index is 0.0549. The van der Waals surface area contributed by atoms with Crippen LogP contribution in [0.15, 0.2) is 30.3 Å². The molecule has 0 aliphatic carbocycles. The molecule has 3 N–H and O–H groups in total. The molecular formula is C15H23N3O2. The number of likely N-dealkylation sites (tertiary alicyclic amines) is 1. The van der Waals surface area contributed by atoms with Crippen LogP contribution in [0, 0.1) is 5.92 Å². The highest BCUT2D eigenvalue weighted by atomic mass is 16.5. The molecule has 0 radical (unpaired) electrons. The van der Waals surface area contributed by atoms with Gasteiger partial charge < -0.3 is 15.8 Å². The predicted octanol–water partition coefficient (Wildman–Crippen LogP) is 0.462. The molecule has 20 heavy (non-hydrogen) atoms. The molecule has 0 saturated carbocycles. The summed E-state index contributed by atoms with van der Waals surface area (Å²) < 4.78 is 5.52. The van der Waals surface area contributed by atoms with Gasteiger partial charge in [-0.25, -0.2) is 0 Å². The molecule has 1 aromatic carbocycles. The lowest BCUT2D eigenvalue weighted by Crippen LogP contribution is -2.38. The second-order valence-electron chi connectivity index (χ2n) is 5.14. The Morgan fingerprint density at radius 1 is 1.40 bits per heavy atom. The highest BCUT2D eigenvalue weighted by molar-refractivity contribution is 5.78. The fourth-order valence-electron chi connectivity index (χ4n) is 2.38. The minimum Gasteiger partial charge on any atom is -0.492 e. The molecule has 5 nitrogen and oxygen atoms in total. The first-order chi connectivity index (χ1) is 9.78. The van der Waals surface area contributed by atoms with E-state index in [4.69, 9.17) is 10.5 Å². The van der Waals surface area contributed by atoms with Crippen molar-refractivity contribution in [2.24, 2.45) is 11.7 Å². The summed E-state index contributed by atoms with van der Waals surface area (Å²) in [6.45, 7) is 4.09. The molecule has 1 aromatic rings. The molecule has 1 atom stereocenters. The largest absolute Gasteiger partial charge is 0.492 e. The molecule has 2 rings (SSSR count). The normalized spacial score (nSPS) is 18.9. The third kappa shape index (κ3) is 4.83. The Labute approximate surface area is 120 Å². The molecule has 1 fully saturated rings. The molecule has 110 valence electrons. The highest BCUT2D eigenvalue weighted by Gasteiger charge is 2.22. The van der Waals surface area contributed by atoms with Crippen LogP contribution in [-0.2, 0) is 4.79 Å². The number of nitrogens with one attached hydrogen (secondary N) is 1. The Morgan fingerprint density at radius 2 is 2.20 bits per heavy atom. The number of para-hydroxylation sites is 1. The number of ether oxygens (including phenoxy) is 1. The number of amides is 1. The van der Waals surface area contributed by atoms with E-state index in [2.05, 4.69) is 10.2 Å². The standard InChI is InChI=1S/C15H23N3O2/c16-10-13-6-8-18(11-13)12-15(19)17-7-9-20-14-4-2-1-3-5-14/h1-5,13H,6-12,16H2,(H,17,19). The second kappa shape index (κ2) is 7.87. The zero-order chi connectivity index (χ0) is 14.2. The van der Waals surface area contributed by atoms with Gasteiger partial charge in [-0.3, -0.25) is 9.69 Å². The molecule has 0 spiro atoms. The summed E-state index contributed by atoms with van der Waals surface area (Å²) in [6.07, 6.45) is 1.10. The number of hydrogen-bond donors (Lipinski definition) is 2. The van der Waals surface area contributed by atoms with Crippen molar-refractivity contribution in [3.8, 4) is 5.75 Å².